The molecule has 0 spiro atoms. The minimum absolute atomic E-state index is 0.00619. The number of carbonyl (C=O) groups excluding carboxylic acids is 1. The van der Waals surface area contributed by atoms with Crippen molar-refractivity contribution in [3.8, 4) is 22.8 Å². The molecule has 1 aliphatic rings. The zero-order valence-corrected chi connectivity index (χ0v) is 22.9. The van der Waals surface area contributed by atoms with Crippen molar-refractivity contribution in [3.63, 3.8) is 0 Å². The molecule has 10 nitrogen and oxygen atoms in total. The van der Waals surface area contributed by atoms with Gasteiger partial charge in [0, 0.05) is 48.5 Å². The van der Waals surface area contributed by atoms with Crippen LogP contribution in [-0.4, -0.2) is 49.7 Å². The summed E-state index contributed by atoms with van der Waals surface area (Å²) in [6.45, 7) is 3.91. The molecule has 0 saturated heterocycles. The molecular weight excluding hydrogens is 518 g/mol. The molecule has 3 N–H and O–H groups in total. The second-order valence-corrected chi connectivity index (χ2v) is 10.4. The molecular formula is C31H29N7O3. The van der Waals surface area contributed by atoms with Gasteiger partial charge in [0.1, 0.15) is 5.82 Å². The first-order valence-corrected chi connectivity index (χ1v) is 13.2. The summed E-state index contributed by atoms with van der Waals surface area (Å²) >= 11 is 0. The van der Waals surface area contributed by atoms with Crippen LogP contribution >= 0.6 is 0 Å². The largest absolute Gasteiger partial charge is 0.394 e. The Kier molecular flexibility index (Phi) is 6.68. The van der Waals surface area contributed by atoms with Crippen LogP contribution < -0.4 is 10.6 Å². The maximum absolute atomic E-state index is 12.7. The van der Waals surface area contributed by atoms with Crippen LogP contribution in [0.4, 0.5) is 17.2 Å². The van der Waals surface area contributed by atoms with Crippen LogP contribution in [-0.2, 0) is 5.54 Å². The maximum Gasteiger partial charge on any atom is 0.261 e. The highest BCUT2D eigenvalue weighted by Gasteiger charge is 2.40. The molecule has 1 atom stereocenters. The Hall–Kier alpha value is -5.09. The molecule has 206 valence electrons. The van der Waals surface area contributed by atoms with Gasteiger partial charge in [-0.15, -0.1) is 0 Å². The van der Waals surface area contributed by atoms with E-state index in [2.05, 4.69) is 30.7 Å². The number of nitrogens with one attached hydrogen (secondary N) is 2. The SMILES string of the molecule is CN1C(=O)c2ccc(Nc3cc(N[C@H](CO)c4ccccc4)c(-c4nc(-c5cccnc5)no4)cn3)cc2C1(C)C. The number of hydrogen-bond donors (Lipinski definition) is 3. The van der Waals surface area contributed by atoms with E-state index in [9.17, 15) is 9.90 Å². The molecule has 5 aromatic rings. The minimum Gasteiger partial charge on any atom is -0.394 e. The molecule has 10 heteroatoms. The number of fused-ring (bicyclic) bond motifs is 1. The normalized spacial score (nSPS) is 14.5. The third-order valence-corrected chi connectivity index (χ3v) is 7.52. The number of amides is 1. The van der Waals surface area contributed by atoms with Crippen molar-refractivity contribution in [1.82, 2.24) is 25.0 Å². The monoisotopic (exact) mass is 547 g/mol. The fourth-order valence-corrected chi connectivity index (χ4v) is 4.94. The first-order valence-electron chi connectivity index (χ1n) is 13.2. The van der Waals surface area contributed by atoms with E-state index < -0.39 is 11.6 Å². The number of benzene rings is 2. The van der Waals surface area contributed by atoms with Crippen molar-refractivity contribution in [3.05, 3.63) is 102 Å². The Morgan fingerprint density at radius 2 is 1.85 bits per heavy atom. The lowest BCUT2D eigenvalue weighted by Gasteiger charge is -2.28. The Bertz CT molecular complexity index is 1700. The van der Waals surface area contributed by atoms with Crippen LogP contribution in [0.1, 0.15) is 41.4 Å². The number of carbonyl (C=O) groups is 1. The maximum atomic E-state index is 12.7. The van der Waals surface area contributed by atoms with Crippen LogP contribution in [0.3, 0.4) is 0 Å². The molecule has 1 aliphatic heterocycles. The minimum atomic E-state index is -0.428. The number of aromatic nitrogens is 4. The first-order chi connectivity index (χ1) is 19.8. The van der Waals surface area contributed by atoms with Crippen molar-refractivity contribution in [2.45, 2.75) is 25.4 Å². The Labute approximate surface area is 237 Å². The van der Waals surface area contributed by atoms with E-state index in [0.29, 0.717) is 28.5 Å². The van der Waals surface area contributed by atoms with Gasteiger partial charge >= 0.3 is 0 Å². The number of aliphatic hydroxyl groups is 1. The van der Waals surface area contributed by atoms with E-state index in [1.165, 1.54) is 0 Å². The van der Waals surface area contributed by atoms with E-state index in [1.54, 1.807) is 29.6 Å². The number of anilines is 3. The molecule has 0 fully saturated rings. The van der Waals surface area contributed by atoms with E-state index in [4.69, 9.17) is 4.52 Å². The molecule has 1 amide bonds. The third kappa shape index (κ3) is 4.89. The molecule has 0 bridgehead atoms. The second-order valence-electron chi connectivity index (χ2n) is 10.4. The summed E-state index contributed by atoms with van der Waals surface area (Å²) in [7, 11) is 1.81. The summed E-state index contributed by atoms with van der Waals surface area (Å²) in [5, 5.41) is 21.2. The van der Waals surface area contributed by atoms with Crippen LogP contribution in [0.5, 0.6) is 0 Å². The number of aliphatic hydroxyl groups excluding tert-OH is 1. The standard InChI is InChI=1S/C31H29N7O3/c1-31(2)24-14-21(11-12-22(24)30(40)38(31)3)34-27-15-25(35-26(18-39)19-8-5-4-6-9-19)23(17-33-27)29-36-28(37-41-29)20-10-7-13-32-16-20/h4-17,26,39H,18H2,1-3H3,(H2,33,34,35)/t26-/m1/s1. The molecule has 41 heavy (non-hydrogen) atoms. The summed E-state index contributed by atoms with van der Waals surface area (Å²) in [6, 6.07) is 20.5. The lowest BCUT2D eigenvalue weighted by atomic mass is 9.93. The van der Waals surface area contributed by atoms with Crippen molar-refractivity contribution >= 4 is 23.1 Å². The molecule has 3 aromatic heterocycles. The smallest absolute Gasteiger partial charge is 0.261 e. The first kappa shape index (κ1) is 26.1. The van der Waals surface area contributed by atoms with Gasteiger partial charge in [-0.05, 0) is 55.3 Å². The predicted octanol–water partition coefficient (Wildman–Crippen LogP) is 5.40. The van der Waals surface area contributed by atoms with Gasteiger partial charge in [0.15, 0.2) is 0 Å². The zero-order chi connectivity index (χ0) is 28.6. The van der Waals surface area contributed by atoms with Gasteiger partial charge in [-0.1, -0.05) is 35.5 Å². The van der Waals surface area contributed by atoms with Crippen LogP contribution in [0, 0.1) is 0 Å². The second kappa shape index (κ2) is 10.5. The Morgan fingerprint density at radius 3 is 2.61 bits per heavy atom. The third-order valence-electron chi connectivity index (χ3n) is 7.52. The van der Waals surface area contributed by atoms with Crippen molar-refractivity contribution < 1.29 is 14.4 Å². The molecule has 4 heterocycles. The average molecular weight is 548 g/mol. The average Bonchev–Trinajstić information content (AvgIpc) is 3.55. The highest BCUT2D eigenvalue weighted by Crippen LogP contribution is 2.39. The Morgan fingerprint density at radius 1 is 1.02 bits per heavy atom. The van der Waals surface area contributed by atoms with Gasteiger partial charge in [-0.2, -0.15) is 4.98 Å². The number of hydrogen-bond acceptors (Lipinski definition) is 9. The topological polar surface area (TPSA) is 129 Å². The quantitative estimate of drug-likeness (QED) is 0.234. The van der Waals surface area contributed by atoms with Gasteiger partial charge in [0.25, 0.3) is 11.8 Å². The van der Waals surface area contributed by atoms with Crippen LogP contribution in [0.2, 0.25) is 0 Å². The van der Waals surface area contributed by atoms with E-state index in [0.717, 1.165) is 22.4 Å². The molecule has 2 aromatic carbocycles. The molecule has 0 aliphatic carbocycles. The molecule has 0 unspecified atom stereocenters. The summed E-state index contributed by atoms with van der Waals surface area (Å²) < 4.78 is 5.63. The van der Waals surface area contributed by atoms with Gasteiger partial charge < -0.3 is 25.2 Å². The zero-order valence-electron chi connectivity index (χ0n) is 22.9. The van der Waals surface area contributed by atoms with Crippen LogP contribution in [0.15, 0.2) is 89.8 Å². The van der Waals surface area contributed by atoms with Crippen LogP contribution in [0.25, 0.3) is 22.8 Å². The number of rotatable bonds is 8. The highest BCUT2D eigenvalue weighted by atomic mass is 16.5. The number of pyridine rings is 2. The molecule has 0 radical (unpaired) electrons. The lowest BCUT2D eigenvalue weighted by Crippen LogP contribution is -2.35. The predicted molar refractivity (Wildman–Crippen MR) is 155 cm³/mol. The van der Waals surface area contributed by atoms with E-state index >= 15 is 0 Å². The van der Waals surface area contributed by atoms with Gasteiger partial charge in [-0.3, -0.25) is 9.78 Å². The summed E-state index contributed by atoms with van der Waals surface area (Å²) in [4.78, 5) is 27.8. The van der Waals surface area contributed by atoms with E-state index in [-0.39, 0.29) is 18.4 Å². The fraction of sp³-hybridized carbons (Fsp3) is 0.194. The van der Waals surface area contributed by atoms with Gasteiger partial charge in [0.2, 0.25) is 5.82 Å². The summed E-state index contributed by atoms with van der Waals surface area (Å²) in [6.07, 6.45) is 5.00. The molecule has 0 saturated carbocycles. The highest BCUT2D eigenvalue weighted by molar-refractivity contribution is 6.00. The van der Waals surface area contributed by atoms with Crippen molar-refractivity contribution in [2.75, 3.05) is 24.3 Å². The Balaban J connectivity index is 1.36. The molecule has 6 rings (SSSR count). The van der Waals surface area contributed by atoms with Gasteiger partial charge in [-0.25, -0.2) is 4.98 Å². The van der Waals surface area contributed by atoms with Crippen molar-refractivity contribution in [2.24, 2.45) is 0 Å². The van der Waals surface area contributed by atoms with Gasteiger partial charge in [0.05, 0.1) is 29.4 Å². The number of nitrogens with zero attached hydrogens (tertiary/aromatic N) is 5. The lowest BCUT2D eigenvalue weighted by molar-refractivity contribution is 0.0691. The summed E-state index contributed by atoms with van der Waals surface area (Å²) in [5.74, 6) is 1.24. The summed E-state index contributed by atoms with van der Waals surface area (Å²) in [5.41, 5.74) is 4.88. The van der Waals surface area contributed by atoms with E-state index in [1.807, 2.05) is 81.6 Å². The van der Waals surface area contributed by atoms with Crippen molar-refractivity contribution in [1.29, 1.82) is 0 Å². The fourth-order valence-electron chi connectivity index (χ4n) is 4.94.